The Hall–Kier alpha value is -3.87. The van der Waals surface area contributed by atoms with Crippen LogP contribution < -0.4 is 10.6 Å². The highest BCUT2D eigenvalue weighted by Crippen LogP contribution is 2.37. The highest BCUT2D eigenvalue weighted by Gasteiger charge is 2.21. The summed E-state index contributed by atoms with van der Waals surface area (Å²) in [4.78, 5) is 22.4. The Bertz CT molecular complexity index is 1110. The Morgan fingerprint density at radius 1 is 1.10 bits per heavy atom. The van der Waals surface area contributed by atoms with Crippen LogP contribution in [0.5, 0.6) is 0 Å². The van der Waals surface area contributed by atoms with E-state index in [-0.39, 0.29) is 0 Å². The number of pyridine rings is 1. The van der Waals surface area contributed by atoms with Gasteiger partial charge in [-0.1, -0.05) is 18.7 Å². The molecule has 0 saturated heterocycles. The highest BCUT2D eigenvalue weighted by atomic mass is 15.1. The van der Waals surface area contributed by atoms with Crippen molar-refractivity contribution in [3.8, 4) is 11.3 Å². The lowest BCUT2D eigenvalue weighted by atomic mass is 10.0. The van der Waals surface area contributed by atoms with Crippen LogP contribution in [0.15, 0.2) is 67.4 Å². The summed E-state index contributed by atoms with van der Waals surface area (Å²) in [5.41, 5.74) is 6.15. The van der Waals surface area contributed by atoms with Crippen LogP contribution in [0.4, 0.5) is 11.8 Å². The summed E-state index contributed by atoms with van der Waals surface area (Å²) in [5, 5.41) is 6.60. The molecule has 0 spiro atoms. The average molecular weight is 383 g/mol. The van der Waals surface area contributed by atoms with Crippen LogP contribution in [0.1, 0.15) is 23.9 Å². The topological polar surface area (TPSA) is 88.5 Å². The average Bonchev–Trinajstić information content (AvgIpc) is 2.88. The van der Waals surface area contributed by atoms with Crippen molar-refractivity contribution in [1.29, 1.82) is 0 Å². The second-order valence-corrected chi connectivity index (χ2v) is 6.51. The third-order valence-corrected chi connectivity index (χ3v) is 4.48. The van der Waals surface area contributed by atoms with E-state index in [1.54, 1.807) is 24.7 Å². The molecule has 0 unspecified atom stereocenters. The first-order chi connectivity index (χ1) is 14.2. The molecule has 2 N–H and O–H groups in total. The minimum absolute atomic E-state index is 0.486. The zero-order chi connectivity index (χ0) is 20.2. The van der Waals surface area contributed by atoms with Crippen molar-refractivity contribution in [2.45, 2.75) is 20.4 Å². The van der Waals surface area contributed by atoms with Gasteiger partial charge in [-0.25, -0.2) is 15.0 Å². The fourth-order valence-electron chi connectivity index (χ4n) is 3.09. The predicted octanol–water partition coefficient (Wildman–Crippen LogP) is 4.15. The van der Waals surface area contributed by atoms with Crippen LogP contribution in [-0.2, 0) is 6.54 Å². The van der Waals surface area contributed by atoms with E-state index in [0.29, 0.717) is 12.5 Å². The van der Waals surface area contributed by atoms with Gasteiger partial charge in [-0.15, -0.1) is 0 Å². The van der Waals surface area contributed by atoms with E-state index in [4.69, 9.17) is 4.98 Å². The number of nitrogens with one attached hydrogen (secondary N) is 2. The zero-order valence-corrected chi connectivity index (χ0v) is 16.3. The second kappa shape index (κ2) is 8.02. The van der Waals surface area contributed by atoms with Crippen molar-refractivity contribution in [2.75, 3.05) is 10.6 Å². The van der Waals surface area contributed by atoms with E-state index in [0.717, 1.165) is 45.3 Å². The zero-order valence-electron chi connectivity index (χ0n) is 16.3. The van der Waals surface area contributed by atoms with Gasteiger partial charge in [0.05, 0.1) is 29.8 Å². The van der Waals surface area contributed by atoms with E-state index in [9.17, 15) is 0 Å². The molecule has 7 nitrogen and oxygen atoms in total. The molecule has 3 aromatic rings. The second-order valence-electron chi connectivity index (χ2n) is 6.51. The summed E-state index contributed by atoms with van der Waals surface area (Å²) in [6, 6.07) is 3.89. The number of nitrogens with zero attached hydrogens (tertiary/aromatic N) is 5. The Kier molecular flexibility index (Phi) is 5.11. The largest absolute Gasteiger partial charge is 0.348 e. The Morgan fingerprint density at radius 2 is 2.00 bits per heavy atom. The number of anilines is 2. The highest BCUT2D eigenvalue weighted by molar-refractivity contribution is 5.93. The molecular weight excluding hydrogens is 362 g/mol. The quantitative estimate of drug-likeness (QED) is 0.684. The fraction of sp³-hybridized carbons (Fsp3) is 0.136. The van der Waals surface area contributed by atoms with Crippen molar-refractivity contribution in [2.24, 2.45) is 0 Å². The third-order valence-electron chi connectivity index (χ3n) is 4.48. The molecule has 1 aliphatic rings. The van der Waals surface area contributed by atoms with Gasteiger partial charge in [-0.3, -0.25) is 9.97 Å². The summed E-state index contributed by atoms with van der Waals surface area (Å²) in [5.74, 6) is 1.25. The first-order valence-corrected chi connectivity index (χ1v) is 9.30. The number of fused-ring (bicyclic) bond motifs is 3. The summed E-state index contributed by atoms with van der Waals surface area (Å²) in [7, 11) is 0. The minimum Gasteiger partial charge on any atom is -0.348 e. The van der Waals surface area contributed by atoms with Crippen molar-refractivity contribution < 1.29 is 0 Å². The van der Waals surface area contributed by atoms with Crippen LogP contribution in [0.2, 0.25) is 0 Å². The molecule has 1 aliphatic heterocycles. The molecule has 0 radical (unpaired) electrons. The third kappa shape index (κ3) is 3.75. The number of hydrogen-bond acceptors (Lipinski definition) is 7. The predicted molar refractivity (Wildman–Crippen MR) is 115 cm³/mol. The molecule has 144 valence electrons. The number of rotatable bonds is 5. The van der Waals surface area contributed by atoms with Gasteiger partial charge >= 0.3 is 0 Å². The van der Waals surface area contributed by atoms with Gasteiger partial charge in [-0.05, 0) is 32.1 Å². The van der Waals surface area contributed by atoms with E-state index in [1.165, 1.54) is 0 Å². The summed E-state index contributed by atoms with van der Waals surface area (Å²) >= 11 is 0. The Morgan fingerprint density at radius 3 is 2.76 bits per heavy atom. The molecule has 0 bridgehead atoms. The van der Waals surface area contributed by atoms with Gasteiger partial charge in [0.15, 0.2) is 0 Å². The first-order valence-electron chi connectivity index (χ1n) is 9.30. The molecule has 0 saturated carbocycles. The van der Waals surface area contributed by atoms with Gasteiger partial charge in [-0.2, -0.15) is 0 Å². The minimum atomic E-state index is 0.486. The molecule has 7 heteroatoms. The number of aromatic nitrogens is 5. The lowest BCUT2D eigenvalue weighted by Crippen LogP contribution is -2.07. The lowest BCUT2D eigenvalue weighted by Gasteiger charge is -2.11. The van der Waals surface area contributed by atoms with Crippen LogP contribution in [0.3, 0.4) is 0 Å². The molecule has 0 atom stereocenters. The van der Waals surface area contributed by atoms with Crippen molar-refractivity contribution in [1.82, 2.24) is 24.9 Å². The molecule has 29 heavy (non-hydrogen) atoms. The summed E-state index contributed by atoms with van der Waals surface area (Å²) in [6.45, 7) is 8.31. The van der Waals surface area contributed by atoms with E-state index >= 15 is 0 Å². The SMILES string of the molecule is C=CC1=C(/C=C\C)c2cnc(NCc3cnc(C)cn3)nc2-c2cccnc2N1. The Balaban J connectivity index is 1.76. The van der Waals surface area contributed by atoms with Crippen molar-refractivity contribution in [3.05, 3.63) is 84.4 Å². The molecule has 0 fully saturated rings. The molecule has 0 aromatic carbocycles. The standard InChI is InChI=1S/C22H21N7/c1-4-7-16-18-13-27-22(26-12-15-11-24-14(3)10-25-15)29-20(18)17-8-6-9-23-21(17)28-19(16)5-2/h4-11,13H,2,12H2,1,3H3,(H,23,28)(H,26,27,29)/b7-4-. The van der Waals surface area contributed by atoms with Gasteiger partial charge in [0, 0.05) is 41.0 Å². The normalized spacial score (nSPS) is 12.8. The maximum absolute atomic E-state index is 4.80. The van der Waals surface area contributed by atoms with E-state index in [1.807, 2.05) is 44.3 Å². The Labute approximate surface area is 169 Å². The van der Waals surface area contributed by atoms with Crippen LogP contribution >= 0.6 is 0 Å². The molecular formula is C22H21N7. The summed E-state index contributed by atoms with van der Waals surface area (Å²) in [6.07, 6.45) is 12.9. The van der Waals surface area contributed by atoms with E-state index < -0.39 is 0 Å². The molecule has 4 rings (SSSR count). The van der Waals surface area contributed by atoms with E-state index in [2.05, 4.69) is 37.1 Å². The maximum atomic E-state index is 4.80. The molecule has 0 amide bonds. The van der Waals surface area contributed by atoms with Crippen molar-refractivity contribution >= 4 is 17.3 Å². The van der Waals surface area contributed by atoms with Gasteiger partial charge < -0.3 is 10.6 Å². The van der Waals surface area contributed by atoms with Gasteiger partial charge in [0.2, 0.25) is 5.95 Å². The van der Waals surface area contributed by atoms with Crippen LogP contribution in [0, 0.1) is 6.92 Å². The summed E-state index contributed by atoms with van der Waals surface area (Å²) < 4.78 is 0. The van der Waals surface area contributed by atoms with Crippen LogP contribution in [-0.4, -0.2) is 24.9 Å². The smallest absolute Gasteiger partial charge is 0.223 e. The van der Waals surface area contributed by atoms with Gasteiger partial charge in [0.1, 0.15) is 5.82 Å². The number of allylic oxidation sites excluding steroid dienone is 4. The maximum Gasteiger partial charge on any atom is 0.223 e. The van der Waals surface area contributed by atoms with Gasteiger partial charge in [0.25, 0.3) is 0 Å². The molecule has 3 aromatic heterocycles. The molecule has 4 heterocycles. The first kappa shape index (κ1) is 18.5. The molecule has 0 aliphatic carbocycles. The van der Waals surface area contributed by atoms with Crippen LogP contribution in [0.25, 0.3) is 16.8 Å². The number of hydrogen-bond donors (Lipinski definition) is 2. The van der Waals surface area contributed by atoms with Crippen molar-refractivity contribution in [3.63, 3.8) is 0 Å². The lowest BCUT2D eigenvalue weighted by molar-refractivity contribution is 0.962. The number of aryl methyl sites for hydroxylation is 1. The monoisotopic (exact) mass is 383 g/mol. The fourth-order valence-corrected chi connectivity index (χ4v) is 3.09.